The number of aliphatic hydroxyl groups excluding tert-OH is 1. The summed E-state index contributed by atoms with van der Waals surface area (Å²) < 4.78 is 5.24. The number of thiazole rings is 1. The van der Waals surface area contributed by atoms with Gasteiger partial charge >= 0.3 is 18.0 Å². The summed E-state index contributed by atoms with van der Waals surface area (Å²) in [4.78, 5) is 52.7. The second kappa shape index (κ2) is 13.6. The number of hydrogen-bond donors (Lipinski definition) is 3. The Hall–Kier alpha value is -4.30. The molecule has 0 saturated carbocycles. The van der Waals surface area contributed by atoms with Crippen molar-refractivity contribution in [3.05, 3.63) is 92.5 Å². The molecule has 0 bridgehead atoms. The lowest BCUT2D eigenvalue weighted by atomic mass is 9.94. The van der Waals surface area contributed by atoms with E-state index >= 15 is 0 Å². The Balaban J connectivity index is 1.29. The average Bonchev–Trinajstić information content (AvgIpc) is 3.72. The molecule has 4 heterocycles. The van der Waals surface area contributed by atoms with Crippen LogP contribution in [0.4, 0.5) is 10.5 Å². The molecule has 3 atom stereocenters. The van der Waals surface area contributed by atoms with Gasteiger partial charge in [-0.2, -0.15) is 0 Å². The van der Waals surface area contributed by atoms with E-state index in [-0.39, 0.29) is 31.6 Å². The highest BCUT2D eigenvalue weighted by atomic mass is 35.5. The molecule has 0 spiro atoms. The Morgan fingerprint density at radius 1 is 1.15 bits per heavy atom. The number of nitrogens with one attached hydrogen (secondary N) is 1. The maximum absolute atomic E-state index is 13.5. The van der Waals surface area contributed by atoms with E-state index in [2.05, 4.69) is 15.2 Å². The fourth-order valence-electron chi connectivity index (χ4n) is 6.28. The van der Waals surface area contributed by atoms with Crippen LogP contribution in [0.1, 0.15) is 28.6 Å². The number of carboxylic acids is 1. The van der Waals surface area contributed by atoms with E-state index in [1.165, 1.54) is 18.4 Å². The van der Waals surface area contributed by atoms with Crippen LogP contribution in [-0.4, -0.2) is 101 Å². The zero-order valence-electron chi connectivity index (χ0n) is 25.0. The van der Waals surface area contributed by atoms with Gasteiger partial charge in [-0.25, -0.2) is 14.6 Å². The molecule has 0 aliphatic carbocycles. The van der Waals surface area contributed by atoms with Crippen molar-refractivity contribution in [2.75, 3.05) is 44.8 Å². The number of rotatable bonds is 10. The number of hydrogen-bond acceptors (Lipinski definition) is 10. The van der Waals surface area contributed by atoms with Gasteiger partial charge in [0.2, 0.25) is 0 Å². The fraction of sp³-hybridized carbons (Fsp3) is 0.344. The Morgan fingerprint density at radius 3 is 2.61 bits per heavy atom. The Kier molecular flexibility index (Phi) is 9.36. The van der Waals surface area contributed by atoms with Gasteiger partial charge in [0.25, 0.3) is 0 Å². The summed E-state index contributed by atoms with van der Waals surface area (Å²) in [6.45, 7) is 1.28. The zero-order chi connectivity index (χ0) is 32.4. The molecule has 14 heteroatoms. The molecule has 1 aromatic heterocycles. The number of carboxylic acid groups (broad SMARTS) is 1. The van der Waals surface area contributed by atoms with Gasteiger partial charge in [0.1, 0.15) is 6.04 Å². The molecule has 12 nitrogen and oxygen atoms in total. The number of aliphatic carboxylic acids is 1. The molecule has 3 aliphatic heterocycles. The van der Waals surface area contributed by atoms with Crippen molar-refractivity contribution in [1.82, 2.24) is 20.1 Å². The molecule has 0 unspecified atom stereocenters. The van der Waals surface area contributed by atoms with Crippen LogP contribution in [0.2, 0.25) is 5.02 Å². The number of halogens is 1. The number of carbonyl (C=O) groups excluding carboxylic acids is 2. The highest BCUT2D eigenvalue weighted by Gasteiger charge is 2.47. The lowest BCUT2D eigenvalue weighted by molar-refractivity contribution is -0.137. The van der Waals surface area contributed by atoms with E-state index < -0.39 is 24.0 Å². The summed E-state index contributed by atoms with van der Waals surface area (Å²) in [6, 6.07) is 12.9. The number of benzene rings is 2. The third kappa shape index (κ3) is 6.23. The maximum atomic E-state index is 13.5. The van der Waals surface area contributed by atoms with Gasteiger partial charge in [-0.3, -0.25) is 19.6 Å². The number of piperazine rings is 1. The Labute approximate surface area is 274 Å². The molecule has 6 rings (SSSR count). The first-order valence-electron chi connectivity index (χ1n) is 14.8. The second-order valence-corrected chi connectivity index (χ2v) is 12.5. The van der Waals surface area contributed by atoms with E-state index in [1.807, 2.05) is 47.8 Å². The van der Waals surface area contributed by atoms with Crippen molar-refractivity contribution in [2.45, 2.75) is 31.0 Å². The molecule has 2 amide bonds. The number of amides is 2. The monoisotopic (exact) mass is 664 g/mol. The molecule has 0 radical (unpaired) electrons. The van der Waals surface area contributed by atoms with Crippen molar-refractivity contribution in [1.29, 1.82) is 0 Å². The van der Waals surface area contributed by atoms with Gasteiger partial charge in [0.05, 0.1) is 31.4 Å². The normalized spacial score (nSPS) is 21.6. The lowest BCUT2D eigenvalue weighted by Gasteiger charge is -2.43. The first-order chi connectivity index (χ1) is 22.3. The number of nitrogens with zero attached hydrogens (tertiary/aromatic N) is 5. The third-order valence-corrected chi connectivity index (χ3v) is 9.70. The smallest absolute Gasteiger partial charge is 0.338 e. The van der Waals surface area contributed by atoms with Gasteiger partial charge in [0.15, 0.2) is 10.8 Å². The molecular weight excluding hydrogens is 632 g/mol. The summed E-state index contributed by atoms with van der Waals surface area (Å²) in [6.07, 6.45) is 2.12. The molecule has 2 fully saturated rings. The number of esters is 1. The van der Waals surface area contributed by atoms with E-state index in [0.717, 1.165) is 5.56 Å². The van der Waals surface area contributed by atoms with Gasteiger partial charge in [-0.05, 0) is 30.2 Å². The summed E-state index contributed by atoms with van der Waals surface area (Å²) in [7, 11) is 1.32. The molecule has 2 saturated heterocycles. The van der Waals surface area contributed by atoms with Crippen molar-refractivity contribution >= 4 is 52.4 Å². The first kappa shape index (κ1) is 31.7. The number of carbonyl (C=O) groups is 3. The van der Waals surface area contributed by atoms with E-state index in [9.17, 15) is 19.5 Å². The number of aryl methyl sites for hydroxylation is 1. The quantitative estimate of drug-likeness (QED) is 0.278. The maximum Gasteiger partial charge on any atom is 0.338 e. The molecule has 46 heavy (non-hydrogen) atoms. The molecule has 2 aromatic carbocycles. The molecule has 3 aromatic rings. The third-order valence-electron chi connectivity index (χ3n) is 8.58. The zero-order valence-corrected chi connectivity index (χ0v) is 26.6. The molecule has 3 N–H and O–H groups in total. The molecular formula is C32H33ClN6O6S. The number of fused-ring (bicyclic) bond motifs is 1. The van der Waals surface area contributed by atoms with Crippen LogP contribution in [-0.2, 0) is 20.7 Å². The van der Waals surface area contributed by atoms with E-state index in [0.29, 0.717) is 64.4 Å². The molecule has 3 aliphatic rings. The predicted molar refractivity (Wildman–Crippen MR) is 173 cm³/mol. The Bertz CT molecular complexity index is 1680. The van der Waals surface area contributed by atoms with Crippen molar-refractivity contribution in [3.63, 3.8) is 0 Å². The van der Waals surface area contributed by atoms with Crippen LogP contribution in [0.5, 0.6) is 0 Å². The van der Waals surface area contributed by atoms with Gasteiger partial charge in [-0.15, -0.1) is 11.3 Å². The Morgan fingerprint density at radius 2 is 1.93 bits per heavy atom. The first-order valence-corrected chi connectivity index (χ1v) is 16.1. The molecule has 240 valence electrons. The van der Waals surface area contributed by atoms with Crippen LogP contribution in [0.25, 0.3) is 0 Å². The number of amidine groups is 1. The summed E-state index contributed by atoms with van der Waals surface area (Å²) >= 11 is 8.03. The topological polar surface area (TPSA) is 148 Å². The van der Waals surface area contributed by atoms with Gasteiger partial charge in [-0.1, -0.05) is 41.9 Å². The van der Waals surface area contributed by atoms with Crippen LogP contribution >= 0.6 is 22.9 Å². The van der Waals surface area contributed by atoms with Crippen molar-refractivity contribution in [3.8, 4) is 0 Å². The number of urea groups is 1. The number of aromatic nitrogens is 1. The second-order valence-electron chi connectivity index (χ2n) is 11.2. The fourth-order valence-corrected chi connectivity index (χ4v) is 7.11. The van der Waals surface area contributed by atoms with Crippen LogP contribution in [0, 0.1) is 0 Å². The number of ether oxygens (including phenoxy) is 1. The minimum absolute atomic E-state index is 0.0329. The van der Waals surface area contributed by atoms with Crippen LogP contribution in [0.3, 0.4) is 0 Å². The summed E-state index contributed by atoms with van der Waals surface area (Å²) in [5.41, 5.74) is 3.09. The number of aliphatic imine (C=N–C) groups is 1. The van der Waals surface area contributed by atoms with Crippen LogP contribution in [0.15, 0.2) is 76.4 Å². The van der Waals surface area contributed by atoms with Crippen molar-refractivity contribution in [2.24, 2.45) is 4.99 Å². The largest absolute Gasteiger partial charge is 0.481 e. The van der Waals surface area contributed by atoms with Gasteiger partial charge in [0, 0.05) is 66.1 Å². The number of anilines is 1. The highest BCUT2D eigenvalue weighted by Crippen LogP contribution is 2.37. The number of aliphatic hydroxyl groups is 1. The van der Waals surface area contributed by atoms with E-state index in [1.54, 1.807) is 22.1 Å². The predicted octanol–water partition coefficient (Wildman–Crippen LogP) is 3.32. The summed E-state index contributed by atoms with van der Waals surface area (Å²) in [5.74, 6) is -0.919. The highest BCUT2D eigenvalue weighted by molar-refractivity contribution is 7.11. The van der Waals surface area contributed by atoms with Gasteiger partial charge < -0.3 is 25.2 Å². The lowest BCUT2D eigenvalue weighted by Crippen LogP contribution is -2.61. The summed E-state index contributed by atoms with van der Waals surface area (Å²) in [5, 5.41) is 26.0. The van der Waals surface area contributed by atoms with Crippen LogP contribution < -0.4 is 10.2 Å². The minimum Gasteiger partial charge on any atom is -0.481 e. The average molecular weight is 665 g/mol. The van der Waals surface area contributed by atoms with Crippen molar-refractivity contribution < 1.29 is 29.3 Å². The SMILES string of the molecule is COC(=O)C1=C(CN2CCN3C(=O)N(c4ccc(CCC(=O)O)cc4)C[C@@H]3[C@H]2CO)NC(c2nccs2)=N[C@H]1c1ccccc1Cl. The number of methoxy groups -OCH3 is 1. The van der Waals surface area contributed by atoms with E-state index in [4.69, 9.17) is 26.4 Å². The minimum atomic E-state index is -0.862. The standard InChI is InChI=1S/C32H33ClN6O6S/c1-45-31(43)27-23(35-29(30-34-12-15-46-30)36-28(27)21-4-2-3-5-22(21)33)16-37-13-14-38-24(25(37)18-40)17-39(32(38)44)20-9-6-19(7-10-20)8-11-26(41)42/h2-7,9-10,12,15,24-25,28,40H,8,11,13-14,16-18H2,1H3,(H,35,36)(H,41,42)/t24-,25-,28+/m1/s1.